The normalized spacial score (nSPS) is 23.5. The summed E-state index contributed by atoms with van der Waals surface area (Å²) in [6.45, 7) is 0. The maximum absolute atomic E-state index is 13.3. The number of hydrogen-bond acceptors (Lipinski definition) is 5. The number of anilines is 2. The van der Waals surface area contributed by atoms with Gasteiger partial charge in [-0.2, -0.15) is 0 Å². The molecule has 2 atom stereocenters. The fourth-order valence-electron chi connectivity index (χ4n) is 3.64. The van der Waals surface area contributed by atoms with Crippen LogP contribution in [0.25, 0.3) is 0 Å². The number of nitro benzene ring substituents is 1. The first-order valence-corrected chi connectivity index (χ1v) is 10.3. The van der Waals surface area contributed by atoms with Crippen LogP contribution in [-0.2, 0) is 9.84 Å². The standard InChI is InChI=1S/C17H14FN3O4S2/c18-11-1-3-12(4-2-11)19-15-9-27(24,25)10-16(15)20(17(19)26)13-5-7-14(8-6-13)21(22)23/h1-8,15-16H,9-10H2. The Kier molecular flexibility index (Phi) is 4.11. The molecule has 10 heteroatoms. The summed E-state index contributed by atoms with van der Waals surface area (Å²) in [6.07, 6.45) is 0. The Hall–Kier alpha value is -2.59. The monoisotopic (exact) mass is 407 g/mol. The van der Waals surface area contributed by atoms with Crippen molar-refractivity contribution in [2.45, 2.75) is 12.1 Å². The molecule has 0 saturated carbocycles. The minimum absolute atomic E-state index is 0.0569. The van der Waals surface area contributed by atoms with Crippen molar-refractivity contribution in [3.8, 4) is 0 Å². The Morgan fingerprint density at radius 1 is 0.963 bits per heavy atom. The third kappa shape index (κ3) is 3.04. The molecule has 4 rings (SSSR count). The summed E-state index contributed by atoms with van der Waals surface area (Å²) in [5.41, 5.74) is 1.13. The van der Waals surface area contributed by atoms with E-state index in [1.165, 1.54) is 24.3 Å². The number of benzene rings is 2. The van der Waals surface area contributed by atoms with Gasteiger partial charge in [0.2, 0.25) is 0 Å². The zero-order valence-electron chi connectivity index (χ0n) is 13.9. The van der Waals surface area contributed by atoms with Crippen LogP contribution < -0.4 is 9.80 Å². The summed E-state index contributed by atoms with van der Waals surface area (Å²) < 4.78 is 37.8. The van der Waals surface area contributed by atoms with Gasteiger partial charge in [0.25, 0.3) is 5.69 Å². The molecule has 2 aromatic carbocycles. The SMILES string of the molecule is O=[N+]([O-])c1ccc(N2C(=S)N(c3ccc(F)cc3)C3CS(=O)(=O)CC32)cc1. The van der Waals surface area contributed by atoms with Gasteiger partial charge < -0.3 is 9.80 Å². The van der Waals surface area contributed by atoms with Crippen LogP contribution in [0.3, 0.4) is 0 Å². The second-order valence-corrected chi connectivity index (χ2v) is 9.00. The van der Waals surface area contributed by atoms with Crippen molar-refractivity contribution in [1.29, 1.82) is 0 Å². The second kappa shape index (κ2) is 6.24. The van der Waals surface area contributed by atoms with Crippen LogP contribution in [0.15, 0.2) is 48.5 Å². The third-order valence-electron chi connectivity index (χ3n) is 4.81. The molecule has 140 valence electrons. The molecule has 2 heterocycles. The Morgan fingerprint density at radius 3 is 1.85 bits per heavy atom. The van der Waals surface area contributed by atoms with E-state index < -0.39 is 32.7 Å². The topological polar surface area (TPSA) is 83.8 Å². The number of fused-ring (bicyclic) bond motifs is 1. The molecular weight excluding hydrogens is 393 g/mol. The molecule has 2 unspecified atom stereocenters. The molecule has 27 heavy (non-hydrogen) atoms. The second-order valence-electron chi connectivity index (χ2n) is 6.48. The maximum Gasteiger partial charge on any atom is 0.269 e. The first-order valence-electron chi connectivity index (χ1n) is 8.10. The van der Waals surface area contributed by atoms with Crippen molar-refractivity contribution in [2.24, 2.45) is 0 Å². The molecule has 0 spiro atoms. The molecule has 0 aromatic heterocycles. The van der Waals surface area contributed by atoms with Crippen molar-refractivity contribution in [1.82, 2.24) is 0 Å². The third-order valence-corrected chi connectivity index (χ3v) is 6.90. The lowest BCUT2D eigenvalue weighted by Gasteiger charge is -2.25. The highest BCUT2D eigenvalue weighted by molar-refractivity contribution is 7.91. The van der Waals surface area contributed by atoms with Crippen molar-refractivity contribution >= 4 is 44.2 Å². The number of rotatable bonds is 3. The molecule has 0 bridgehead atoms. The highest BCUT2D eigenvalue weighted by atomic mass is 32.2. The number of nitro groups is 1. The molecule has 0 amide bonds. The van der Waals surface area contributed by atoms with Gasteiger partial charge in [-0.15, -0.1) is 0 Å². The summed E-state index contributed by atoms with van der Waals surface area (Å²) in [4.78, 5) is 13.8. The van der Waals surface area contributed by atoms with Crippen LogP contribution in [0.1, 0.15) is 0 Å². The van der Waals surface area contributed by atoms with Crippen LogP contribution in [0.5, 0.6) is 0 Å². The van der Waals surface area contributed by atoms with Gasteiger partial charge in [-0.3, -0.25) is 10.1 Å². The molecule has 2 fully saturated rings. The predicted octanol–water partition coefficient (Wildman–Crippen LogP) is 2.51. The average molecular weight is 407 g/mol. The van der Waals surface area contributed by atoms with Gasteiger partial charge in [-0.25, -0.2) is 12.8 Å². The first-order chi connectivity index (χ1) is 12.8. The van der Waals surface area contributed by atoms with Crippen LogP contribution in [-0.4, -0.2) is 42.0 Å². The van der Waals surface area contributed by atoms with E-state index in [0.717, 1.165) is 0 Å². The number of nitrogens with zero attached hydrogens (tertiary/aromatic N) is 3. The Morgan fingerprint density at radius 2 is 1.41 bits per heavy atom. The molecule has 0 N–H and O–H groups in total. The van der Waals surface area contributed by atoms with Crippen LogP contribution in [0.2, 0.25) is 0 Å². The summed E-state index contributed by atoms with van der Waals surface area (Å²) in [5.74, 6) is -0.516. The number of halogens is 1. The van der Waals surface area contributed by atoms with Crippen molar-refractivity contribution in [3.05, 3.63) is 64.5 Å². The quantitative estimate of drug-likeness (QED) is 0.439. The zero-order chi connectivity index (χ0) is 19.3. The lowest BCUT2D eigenvalue weighted by molar-refractivity contribution is -0.384. The van der Waals surface area contributed by atoms with E-state index in [-0.39, 0.29) is 17.2 Å². The molecule has 2 aliphatic rings. The van der Waals surface area contributed by atoms with E-state index in [4.69, 9.17) is 12.2 Å². The number of thiocarbonyl (C=S) groups is 1. The van der Waals surface area contributed by atoms with Crippen molar-refractivity contribution < 1.29 is 17.7 Å². The van der Waals surface area contributed by atoms with Gasteiger partial charge >= 0.3 is 0 Å². The molecule has 2 aromatic rings. The molecule has 7 nitrogen and oxygen atoms in total. The van der Waals surface area contributed by atoms with Gasteiger partial charge in [0, 0.05) is 23.5 Å². The largest absolute Gasteiger partial charge is 0.312 e. The minimum Gasteiger partial charge on any atom is -0.312 e. The van der Waals surface area contributed by atoms with Crippen LogP contribution in [0.4, 0.5) is 21.5 Å². The Labute approximate surface area is 160 Å². The predicted molar refractivity (Wildman–Crippen MR) is 103 cm³/mol. The summed E-state index contributed by atoms with van der Waals surface area (Å²) >= 11 is 5.60. The Bertz CT molecular complexity index is 1030. The van der Waals surface area contributed by atoms with Crippen LogP contribution >= 0.6 is 12.2 Å². The van der Waals surface area contributed by atoms with E-state index in [2.05, 4.69) is 0 Å². The number of sulfone groups is 1. The van der Waals surface area contributed by atoms with E-state index in [9.17, 15) is 22.9 Å². The maximum atomic E-state index is 13.3. The fraction of sp³-hybridized carbons (Fsp3) is 0.235. The fourth-order valence-corrected chi connectivity index (χ4v) is 6.04. The highest BCUT2D eigenvalue weighted by Crippen LogP contribution is 2.38. The van der Waals surface area contributed by atoms with Gasteiger partial charge in [0.05, 0.1) is 28.5 Å². The van der Waals surface area contributed by atoms with Gasteiger partial charge in [-0.05, 0) is 48.6 Å². The Balaban J connectivity index is 1.76. The highest BCUT2D eigenvalue weighted by Gasteiger charge is 2.52. The van der Waals surface area contributed by atoms with E-state index in [0.29, 0.717) is 16.5 Å². The molecule has 2 aliphatic heterocycles. The molecule has 0 radical (unpaired) electrons. The lowest BCUT2D eigenvalue weighted by Crippen LogP contribution is -2.37. The van der Waals surface area contributed by atoms with Crippen molar-refractivity contribution in [2.75, 3.05) is 21.3 Å². The number of non-ortho nitro benzene ring substituents is 1. The summed E-state index contributed by atoms with van der Waals surface area (Å²) in [5, 5.41) is 11.3. The lowest BCUT2D eigenvalue weighted by atomic mass is 10.1. The smallest absolute Gasteiger partial charge is 0.269 e. The minimum atomic E-state index is -3.27. The molecule has 2 saturated heterocycles. The van der Waals surface area contributed by atoms with E-state index >= 15 is 0 Å². The zero-order valence-corrected chi connectivity index (χ0v) is 15.5. The first kappa shape index (κ1) is 17.8. The van der Waals surface area contributed by atoms with E-state index in [1.807, 2.05) is 0 Å². The van der Waals surface area contributed by atoms with Gasteiger partial charge in [0.15, 0.2) is 14.9 Å². The van der Waals surface area contributed by atoms with E-state index in [1.54, 1.807) is 34.1 Å². The molecule has 0 aliphatic carbocycles. The molecular formula is C17H14FN3O4S2. The van der Waals surface area contributed by atoms with Gasteiger partial charge in [-0.1, -0.05) is 0 Å². The van der Waals surface area contributed by atoms with Crippen molar-refractivity contribution in [3.63, 3.8) is 0 Å². The van der Waals surface area contributed by atoms with Gasteiger partial charge in [0.1, 0.15) is 5.82 Å². The summed E-state index contributed by atoms with van der Waals surface area (Å²) in [7, 11) is -3.27. The van der Waals surface area contributed by atoms with Crippen LogP contribution in [0, 0.1) is 15.9 Å². The average Bonchev–Trinajstić information content (AvgIpc) is 3.05. The summed E-state index contributed by atoms with van der Waals surface area (Å²) in [6, 6.07) is 10.7. The number of hydrogen-bond donors (Lipinski definition) is 0.